The van der Waals surface area contributed by atoms with E-state index in [1.54, 1.807) is 12.3 Å². The average Bonchev–Trinajstić information content (AvgIpc) is 3.32. The summed E-state index contributed by atoms with van der Waals surface area (Å²) in [6.07, 6.45) is -2.89. The van der Waals surface area contributed by atoms with Gasteiger partial charge in [-0.2, -0.15) is 13.2 Å². The van der Waals surface area contributed by atoms with Crippen LogP contribution in [-0.2, 0) is 28.7 Å². The van der Waals surface area contributed by atoms with Crippen LogP contribution in [0.25, 0.3) is 0 Å². The summed E-state index contributed by atoms with van der Waals surface area (Å²) in [6, 6.07) is 4.39. The number of anilines is 1. The molecule has 0 bridgehead atoms. The van der Waals surface area contributed by atoms with E-state index in [9.17, 15) is 27.2 Å². The molecule has 0 fully saturated rings. The molecule has 0 saturated heterocycles. The summed E-state index contributed by atoms with van der Waals surface area (Å²) in [5, 5.41) is 2.88. The molecule has 1 aromatic carbocycles. The number of alkyl halides is 3. The van der Waals surface area contributed by atoms with Crippen LogP contribution in [0.15, 0.2) is 30.5 Å². The minimum atomic E-state index is -4.84. The van der Waals surface area contributed by atoms with E-state index in [1.165, 1.54) is 17.6 Å². The minimum absolute atomic E-state index is 0.0453. The van der Waals surface area contributed by atoms with E-state index in [1.807, 2.05) is 13.8 Å². The zero-order valence-corrected chi connectivity index (χ0v) is 20.6. The third-order valence-electron chi connectivity index (χ3n) is 5.02. The van der Waals surface area contributed by atoms with Gasteiger partial charge in [0.25, 0.3) is 5.91 Å². The van der Waals surface area contributed by atoms with Gasteiger partial charge in [-0.1, -0.05) is 42.9 Å². The first-order valence-electron chi connectivity index (χ1n) is 10.5. The molecule has 3 aromatic rings. The van der Waals surface area contributed by atoms with Crippen molar-refractivity contribution in [1.82, 2.24) is 9.55 Å². The molecular formula is C23H22ClF4N3O3S. The lowest BCUT2D eigenvalue weighted by Gasteiger charge is -2.12. The molecule has 0 spiro atoms. The summed E-state index contributed by atoms with van der Waals surface area (Å²) < 4.78 is 59.8. The number of carbonyl (C=O) groups is 2. The highest BCUT2D eigenvalue weighted by atomic mass is 35.5. The maximum Gasteiger partial charge on any atom is 0.419 e. The Labute approximate surface area is 207 Å². The van der Waals surface area contributed by atoms with E-state index in [0.717, 1.165) is 29.0 Å². The van der Waals surface area contributed by atoms with Crippen molar-refractivity contribution >= 4 is 39.9 Å². The maximum absolute atomic E-state index is 13.7. The highest BCUT2D eigenvalue weighted by molar-refractivity contribution is 7.19. The van der Waals surface area contributed by atoms with Crippen LogP contribution in [0.3, 0.4) is 0 Å². The van der Waals surface area contributed by atoms with Gasteiger partial charge in [-0.05, 0) is 35.2 Å². The number of ether oxygens (including phenoxy) is 1. The predicted molar refractivity (Wildman–Crippen MR) is 124 cm³/mol. The van der Waals surface area contributed by atoms with Gasteiger partial charge in [0.15, 0.2) is 5.13 Å². The number of hydrogen-bond acceptors (Lipinski definition) is 5. The average molecular weight is 532 g/mol. The first-order chi connectivity index (χ1) is 16.3. The number of thiazole rings is 1. The number of aromatic nitrogens is 2. The molecule has 6 nitrogen and oxygen atoms in total. The van der Waals surface area contributed by atoms with Gasteiger partial charge >= 0.3 is 12.1 Å². The number of hydrogen-bond donors (Lipinski definition) is 1. The molecule has 0 saturated carbocycles. The summed E-state index contributed by atoms with van der Waals surface area (Å²) >= 11 is 7.21. The van der Waals surface area contributed by atoms with Crippen molar-refractivity contribution in [1.29, 1.82) is 0 Å². The monoisotopic (exact) mass is 531 g/mol. The third kappa shape index (κ3) is 6.82. The number of benzene rings is 1. The Morgan fingerprint density at radius 3 is 2.60 bits per heavy atom. The van der Waals surface area contributed by atoms with Crippen LogP contribution in [0.5, 0.6) is 0 Å². The molecule has 0 radical (unpaired) electrons. The standard InChI is InChI=1S/C23H22ClF4N3O3S/c1-12(2)15-9-19(21(33)30-22-29-18(20(24)35-22)6-7-34-13(3)32)31(11-15)10-14-4-5-17(25)16(8-14)23(26,27)28/h4-5,8-9,11-12H,6-7,10H2,1-3H3,(H,29,30,33). The molecule has 1 amide bonds. The van der Waals surface area contributed by atoms with Gasteiger partial charge in [0.05, 0.1) is 17.9 Å². The Balaban J connectivity index is 1.84. The molecule has 0 unspecified atom stereocenters. The molecule has 0 aliphatic heterocycles. The number of nitrogens with one attached hydrogen (secondary N) is 1. The summed E-state index contributed by atoms with van der Waals surface area (Å²) in [6.45, 7) is 5.12. The summed E-state index contributed by atoms with van der Waals surface area (Å²) in [5.74, 6) is -2.29. The zero-order valence-electron chi connectivity index (χ0n) is 19.0. The van der Waals surface area contributed by atoms with E-state index in [0.29, 0.717) is 10.0 Å². The molecule has 3 rings (SSSR count). The number of rotatable bonds is 8. The molecule has 0 aliphatic rings. The lowest BCUT2D eigenvalue weighted by Crippen LogP contribution is -2.17. The van der Waals surface area contributed by atoms with E-state index in [4.69, 9.17) is 16.3 Å². The fraction of sp³-hybridized carbons (Fsp3) is 0.348. The van der Waals surface area contributed by atoms with Crippen molar-refractivity contribution in [2.24, 2.45) is 0 Å². The second-order valence-corrected chi connectivity index (χ2v) is 9.64. The van der Waals surface area contributed by atoms with Gasteiger partial charge in [0, 0.05) is 26.1 Å². The van der Waals surface area contributed by atoms with Gasteiger partial charge in [-0.15, -0.1) is 0 Å². The Bertz CT molecular complexity index is 1240. The Morgan fingerprint density at radius 1 is 1.26 bits per heavy atom. The van der Waals surface area contributed by atoms with Gasteiger partial charge < -0.3 is 9.30 Å². The fourth-order valence-corrected chi connectivity index (χ4v) is 4.34. The predicted octanol–water partition coefficient (Wildman–Crippen LogP) is 6.29. The molecule has 12 heteroatoms. The lowest BCUT2D eigenvalue weighted by molar-refractivity contribution is -0.141. The fourth-order valence-electron chi connectivity index (χ4n) is 3.25. The molecule has 35 heavy (non-hydrogen) atoms. The minimum Gasteiger partial charge on any atom is -0.465 e. The van der Waals surface area contributed by atoms with Crippen molar-refractivity contribution in [2.75, 3.05) is 11.9 Å². The van der Waals surface area contributed by atoms with E-state index in [-0.39, 0.29) is 41.9 Å². The van der Waals surface area contributed by atoms with Gasteiger partial charge in [-0.3, -0.25) is 14.9 Å². The van der Waals surface area contributed by atoms with Crippen LogP contribution < -0.4 is 5.32 Å². The van der Waals surface area contributed by atoms with E-state index < -0.39 is 29.4 Å². The quantitative estimate of drug-likeness (QED) is 0.274. The van der Waals surface area contributed by atoms with Crippen molar-refractivity contribution in [3.8, 4) is 0 Å². The van der Waals surface area contributed by atoms with Crippen molar-refractivity contribution in [3.63, 3.8) is 0 Å². The second-order valence-electron chi connectivity index (χ2n) is 8.04. The van der Waals surface area contributed by atoms with Crippen molar-refractivity contribution in [3.05, 3.63) is 68.7 Å². The van der Waals surface area contributed by atoms with Crippen molar-refractivity contribution in [2.45, 2.75) is 45.8 Å². The van der Waals surface area contributed by atoms with Crippen LogP contribution in [0.1, 0.15) is 59.6 Å². The zero-order chi connectivity index (χ0) is 25.9. The SMILES string of the molecule is CC(=O)OCCc1nc(NC(=O)c2cc(C(C)C)cn2Cc2ccc(F)c(C(F)(F)F)c2)sc1Cl. The number of esters is 1. The number of amides is 1. The first kappa shape index (κ1) is 26.7. The van der Waals surface area contributed by atoms with Gasteiger partial charge in [0.2, 0.25) is 0 Å². The summed E-state index contributed by atoms with van der Waals surface area (Å²) in [4.78, 5) is 28.2. The summed E-state index contributed by atoms with van der Waals surface area (Å²) in [7, 11) is 0. The van der Waals surface area contributed by atoms with Gasteiger partial charge in [-0.25, -0.2) is 9.37 Å². The molecule has 1 N–H and O–H groups in total. The molecule has 2 aromatic heterocycles. The first-order valence-corrected chi connectivity index (χ1v) is 11.7. The van der Waals surface area contributed by atoms with Gasteiger partial charge in [0.1, 0.15) is 15.8 Å². The topological polar surface area (TPSA) is 73.2 Å². The van der Waals surface area contributed by atoms with Crippen LogP contribution in [0, 0.1) is 5.82 Å². The summed E-state index contributed by atoms with van der Waals surface area (Å²) in [5.41, 5.74) is 0.268. The molecule has 0 atom stereocenters. The number of carbonyl (C=O) groups excluding carboxylic acids is 2. The smallest absolute Gasteiger partial charge is 0.419 e. The van der Waals surface area contributed by atoms with E-state index in [2.05, 4.69) is 10.3 Å². The number of nitrogens with zero attached hydrogens (tertiary/aromatic N) is 2. The van der Waals surface area contributed by atoms with Crippen LogP contribution >= 0.6 is 22.9 Å². The molecular weight excluding hydrogens is 510 g/mol. The van der Waals surface area contributed by atoms with Crippen molar-refractivity contribution < 1.29 is 31.9 Å². The van der Waals surface area contributed by atoms with Crippen LogP contribution in [-0.4, -0.2) is 28.0 Å². The Kier molecular flexibility index (Phi) is 8.22. The molecule has 2 heterocycles. The number of halogens is 5. The third-order valence-corrected chi connectivity index (χ3v) is 6.27. The van der Waals surface area contributed by atoms with E-state index >= 15 is 0 Å². The molecule has 188 valence electrons. The normalized spacial score (nSPS) is 11.7. The Hall–Kier alpha value is -2.92. The van der Waals surface area contributed by atoms with Crippen LogP contribution in [0.2, 0.25) is 4.34 Å². The molecule has 0 aliphatic carbocycles. The Morgan fingerprint density at radius 2 is 1.97 bits per heavy atom. The highest BCUT2D eigenvalue weighted by Crippen LogP contribution is 2.33. The maximum atomic E-state index is 13.7. The van der Waals surface area contributed by atoms with Crippen LogP contribution in [0.4, 0.5) is 22.7 Å². The largest absolute Gasteiger partial charge is 0.465 e. The second kappa shape index (κ2) is 10.8. The highest BCUT2D eigenvalue weighted by Gasteiger charge is 2.34. The lowest BCUT2D eigenvalue weighted by atomic mass is 10.1.